The van der Waals surface area contributed by atoms with Crippen molar-refractivity contribution >= 4 is 57.6 Å². The van der Waals surface area contributed by atoms with Gasteiger partial charge in [-0.05, 0) is 115 Å². The highest BCUT2D eigenvalue weighted by Gasteiger charge is 2.27. The highest BCUT2D eigenvalue weighted by molar-refractivity contribution is 7.98. The first-order valence-corrected chi connectivity index (χ1v) is 21.7. The van der Waals surface area contributed by atoms with Gasteiger partial charge in [0.1, 0.15) is 5.03 Å². The predicted octanol–water partition coefficient (Wildman–Crippen LogP) is 9.12. The molecular formula is C45H53ClN8O4S. The van der Waals surface area contributed by atoms with Crippen LogP contribution in [0.3, 0.4) is 0 Å². The van der Waals surface area contributed by atoms with Crippen molar-refractivity contribution in [1.29, 1.82) is 0 Å². The molecule has 0 aliphatic heterocycles. The molecule has 59 heavy (non-hydrogen) atoms. The fourth-order valence-electron chi connectivity index (χ4n) is 6.92. The van der Waals surface area contributed by atoms with Crippen LogP contribution in [0.25, 0.3) is 33.8 Å². The van der Waals surface area contributed by atoms with Crippen LogP contribution in [-0.4, -0.2) is 81.5 Å². The summed E-state index contributed by atoms with van der Waals surface area (Å²) in [5.74, 6) is 1.61. The molecule has 0 bridgehead atoms. The topological polar surface area (TPSA) is 159 Å². The normalized spacial score (nSPS) is 14.3. The van der Waals surface area contributed by atoms with Gasteiger partial charge in [-0.1, -0.05) is 35.9 Å². The van der Waals surface area contributed by atoms with E-state index < -0.39 is 11.2 Å². The number of halogens is 1. The van der Waals surface area contributed by atoms with Gasteiger partial charge in [0.2, 0.25) is 0 Å². The third-order valence-corrected chi connectivity index (χ3v) is 11.3. The zero-order valence-corrected chi connectivity index (χ0v) is 36.3. The molecule has 6 aromatic rings. The third kappa shape index (κ3) is 10.5. The molecule has 0 atom stereocenters. The number of ketones is 2. The minimum Gasteiger partial charge on any atom is -0.389 e. The second-order valence-electron chi connectivity index (χ2n) is 17.3. The Morgan fingerprint density at radius 2 is 1.17 bits per heavy atom. The van der Waals surface area contributed by atoms with Crippen molar-refractivity contribution in [3.63, 3.8) is 0 Å². The summed E-state index contributed by atoms with van der Waals surface area (Å²) >= 11 is 7.79. The molecule has 0 spiro atoms. The lowest BCUT2D eigenvalue weighted by Gasteiger charge is -2.19. The summed E-state index contributed by atoms with van der Waals surface area (Å²) in [6.07, 6.45) is 11.5. The number of carbonyl (C=O) groups excluding carboxylic acids is 2. The highest BCUT2D eigenvalue weighted by Crippen LogP contribution is 2.36. The van der Waals surface area contributed by atoms with E-state index in [9.17, 15) is 19.8 Å². The number of aliphatic hydroxyl groups is 2. The second-order valence-corrected chi connectivity index (χ2v) is 18.5. The molecule has 2 aliphatic carbocycles. The van der Waals surface area contributed by atoms with Gasteiger partial charge in [-0.3, -0.25) is 9.59 Å². The van der Waals surface area contributed by atoms with Gasteiger partial charge < -0.3 is 20.8 Å². The molecule has 2 fully saturated rings. The van der Waals surface area contributed by atoms with Gasteiger partial charge in [0.15, 0.2) is 28.0 Å². The quantitative estimate of drug-likeness (QED) is 0.0577. The Bertz CT molecular complexity index is 2530. The van der Waals surface area contributed by atoms with Crippen LogP contribution in [0.5, 0.6) is 0 Å². The van der Waals surface area contributed by atoms with Crippen LogP contribution in [0.15, 0.2) is 66.0 Å². The van der Waals surface area contributed by atoms with Crippen LogP contribution in [0, 0.1) is 25.7 Å². The maximum absolute atomic E-state index is 12.5. The first kappa shape index (κ1) is 42.3. The largest absolute Gasteiger partial charge is 0.389 e. The number of nitrogens with zero attached hydrogens (tertiary/aromatic N) is 6. The third-order valence-electron chi connectivity index (χ3n) is 10.5. The van der Waals surface area contributed by atoms with Gasteiger partial charge >= 0.3 is 0 Å². The van der Waals surface area contributed by atoms with Gasteiger partial charge in [0, 0.05) is 54.3 Å². The SMILES string of the molecule is CSc1cc(NCC(C)(C)O)c2ncc(-c3ccc(C(=O)CC4CC4)c(C)c3)n2n1.Cc1cc(-c2cnc3c(NCC(C)(C)O)cc(Cl)nn23)ccc1C(=O)CC1CC1. The second kappa shape index (κ2) is 17.0. The van der Waals surface area contributed by atoms with E-state index in [-0.39, 0.29) is 11.6 Å². The standard InChI is InChI=1S/C23H28N4O2S.C22H25ClN4O2/c1-14-9-16(7-8-17(14)20(28)10-15-5-6-15)19-12-24-22-18(25-13-23(2,3)29)11-21(30-4)26-27(19)22;1-13-8-15(6-7-16(13)19(28)9-14-4-5-14)18-11-24-21-17(25-12-22(2,3)29)10-20(23)26-27(18)21/h7-9,11-12,15,25,29H,5-6,10,13H2,1-4H3;6-8,10-11,14,25,29H,4-5,9,12H2,1-3H3. The van der Waals surface area contributed by atoms with Gasteiger partial charge in [-0.25, -0.2) is 19.0 Å². The van der Waals surface area contributed by atoms with E-state index in [4.69, 9.17) is 16.7 Å². The molecule has 4 heterocycles. The number of benzene rings is 2. The molecule has 2 aliphatic rings. The van der Waals surface area contributed by atoms with Crippen LogP contribution in [0.2, 0.25) is 5.15 Å². The zero-order valence-electron chi connectivity index (χ0n) is 34.8. The van der Waals surface area contributed by atoms with Crippen molar-refractivity contribution in [2.24, 2.45) is 11.8 Å². The first-order chi connectivity index (χ1) is 28.0. The lowest BCUT2D eigenvalue weighted by molar-refractivity contribution is 0.0939. The molecule has 2 aromatic carbocycles. The molecule has 4 aromatic heterocycles. The number of thioether (sulfide) groups is 1. The van der Waals surface area contributed by atoms with Crippen LogP contribution in [0.1, 0.15) is 98.1 Å². The lowest BCUT2D eigenvalue weighted by atomic mass is 9.98. The average Bonchev–Trinajstić information content (AvgIpc) is 4.09. The maximum atomic E-state index is 12.5. The van der Waals surface area contributed by atoms with Crippen molar-refractivity contribution in [3.8, 4) is 22.5 Å². The van der Waals surface area contributed by atoms with E-state index in [1.165, 1.54) is 25.7 Å². The van der Waals surface area contributed by atoms with E-state index in [1.807, 2.05) is 73.3 Å². The molecule has 0 radical (unpaired) electrons. The molecule has 0 saturated heterocycles. The number of hydrogen-bond donors (Lipinski definition) is 4. The number of fused-ring (bicyclic) bond motifs is 2. The van der Waals surface area contributed by atoms with E-state index in [0.29, 0.717) is 59.9 Å². The number of imidazole rings is 2. The molecule has 8 rings (SSSR count). The monoisotopic (exact) mass is 836 g/mol. The molecule has 0 amide bonds. The molecule has 4 N–H and O–H groups in total. The fraction of sp³-hybridized carbons (Fsp3) is 0.422. The average molecular weight is 837 g/mol. The summed E-state index contributed by atoms with van der Waals surface area (Å²) < 4.78 is 3.52. The fourth-order valence-corrected chi connectivity index (χ4v) is 7.51. The smallest absolute Gasteiger partial charge is 0.177 e. The molecule has 12 nitrogen and oxygen atoms in total. The predicted molar refractivity (Wildman–Crippen MR) is 236 cm³/mol. The van der Waals surface area contributed by atoms with Gasteiger partial charge in [0.25, 0.3) is 0 Å². The Balaban J connectivity index is 0.000000179. The highest BCUT2D eigenvalue weighted by atomic mass is 35.5. The number of anilines is 2. The number of carbonyl (C=O) groups is 2. The molecule has 310 valence electrons. The Labute approximate surface area is 354 Å². The number of nitrogens with one attached hydrogen (secondary N) is 2. The number of rotatable bonds is 15. The lowest BCUT2D eigenvalue weighted by Crippen LogP contribution is -2.29. The van der Waals surface area contributed by atoms with Crippen LogP contribution in [-0.2, 0) is 0 Å². The summed E-state index contributed by atoms with van der Waals surface area (Å²) in [6, 6.07) is 15.4. The van der Waals surface area contributed by atoms with Crippen molar-refractivity contribution in [1.82, 2.24) is 29.2 Å². The first-order valence-electron chi connectivity index (χ1n) is 20.1. The number of Topliss-reactive ketones (excluding diaryl/α,β-unsaturated/α-hetero) is 2. The number of aromatic nitrogens is 6. The van der Waals surface area contributed by atoms with Crippen LogP contribution in [0.4, 0.5) is 11.4 Å². The van der Waals surface area contributed by atoms with Crippen molar-refractivity contribution < 1.29 is 19.8 Å². The number of hydrogen-bond acceptors (Lipinski definition) is 11. The minimum absolute atomic E-state index is 0.217. The minimum atomic E-state index is -0.873. The molecule has 0 unspecified atom stereocenters. The molecule has 2 saturated carbocycles. The van der Waals surface area contributed by atoms with E-state index in [1.54, 1.807) is 56.2 Å². The Morgan fingerprint density at radius 3 is 1.58 bits per heavy atom. The number of aryl methyl sites for hydroxylation is 2. The van der Waals surface area contributed by atoms with E-state index >= 15 is 0 Å². The van der Waals surface area contributed by atoms with Crippen molar-refractivity contribution in [3.05, 3.63) is 88.3 Å². The van der Waals surface area contributed by atoms with Crippen LogP contribution >= 0.6 is 23.4 Å². The molecular weight excluding hydrogens is 784 g/mol. The van der Waals surface area contributed by atoms with Crippen molar-refractivity contribution in [2.75, 3.05) is 30.0 Å². The Hall–Kier alpha value is -4.82. The summed E-state index contributed by atoms with van der Waals surface area (Å²) in [4.78, 5) is 34.1. The Kier molecular flexibility index (Phi) is 12.2. The van der Waals surface area contributed by atoms with Gasteiger partial charge in [-0.15, -0.1) is 11.8 Å². The van der Waals surface area contributed by atoms with Gasteiger partial charge in [0.05, 0.1) is 46.4 Å². The van der Waals surface area contributed by atoms with Crippen LogP contribution < -0.4 is 10.6 Å². The summed E-state index contributed by atoms with van der Waals surface area (Å²) in [6.45, 7) is 11.7. The summed E-state index contributed by atoms with van der Waals surface area (Å²) in [5, 5.41) is 36.9. The maximum Gasteiger partial charge on any atom is 0.177 e. The summed E-state index contributed by atoms with van der Waals surface area (Å²) in [5.41, 5.74) is 8.23. The zero-order chi connectivity index (χ0) is 42.2. The van der Waals surface area contributed by atoms with Gasteiger partial charge in [-0.2, -0.15) is 10.2 Å². The van der Waals surface area contributed by atoms with Crippen molar-refractivity contribution in [2.45, 2.75) is 96.3 Å². The Morgan fingerprint density at radius 1 is 0.729 bits per heavy atom. The molecule has 14 heteroatoms. The van der Waals surface area contributed by atoms with E-state index in [2.05, 4.69) is 25.7 Å². The van der Waals surface area contributed by atoms with E-state index in [0.717, 1.165) is 55.5 Å². The summed E-state index contributed by atoms with van der Waals surface area (Å²) in [7, 11) is 0.